The number of anilines is 2. The molecular formula is C25H22Br2N4O5. The van der Waals surface area contributed by atoms with Crippen LogP contribution in [0.5, 0.6) is 11.5 Å². The summed E-state index contributed by atoms with van der Waals surface area (Å²) in [4.78, 5) is 36.5. The molecule has 0 saturated heterocycles. The van der Waals surface area contributed by atoms with Crippen LogP contribution in [-0.4, -0.2) is 37.7 Å². The molecule has 0 aliphatic rings. The predicted molar refractivity (Wildman–Crippen MR) is 145 cm³/mol. The number of rotatable bonds is 8. The number of amides is 3. The topological polar surface area (TPSA) is 118 Å². The summed E-state index contributed by atoms with van der Waals surface area (Å²) >= 11 is 6.79. The molecule has 3 aromatic rings. The predicted octanol–water partition coefficient (Wildman–Crippen LogP) is 4.63. The van der Waals surface area contributed by atoms with Crippen LogP contribution in [0.3, 0.4) is 0 Å². The van der Waals surface area contributed by atoms with E-state index in [-0.39, 0.29) is 12.5 Å². The molecule has 3 amide bonds. The van der Waals surface area contributed by atoms with Gasteiger partial charge in [-0.15, -0.1) is 0 Å². The highest BCUT2D eigenvalue weighted by Gasteiger charge is 2.13. The van der Waals surface area contributed by atoms with Crippen molar-refractivity contribution in [2.24, 2.45) is 5.10 Å². The van der Waals surface area contributed by atoms with Gasteiger partial charge >= 0.3 is 11.8 Å². The molecule has 0 heterocycles. The zero-order valence-corrected chi connectivity index (χ0v) is 22.5. The van der Waals surface area contributed by atoms with Gasteiger partial charge in [-0.3, -0.25) is 14.4 Å². The van der Waals surface area contributed by atoms with Crippen LogP contribution < -0.4 is 25.5 Å². The van der Waals surface area contributed by atoms with Crippen LogP contribution in [0.15, 0.2) is 74.7 Å². The zero-order valence-electron chi connectivity index (χ0n) is 19.3. The normalized spacial score (nSPS) is 10.6. The number of hydrazone groups is 1. The van der Waals surface area contributed by atoms with Crippen LogP contribution >= 0.6 is 31.9 Å². The molecule has 36 heavy (non-hydrogen) atoms. The van der Waals surface area contributed by atoms with Gasteiger partial charge in [-0.2, -0.15) is 5.10 Å². The van der Waals surface area contributed by atoms with E-state index >= 15 is 0 Å². The summed E-state index contributed by atoms with van der Waals surface area (Å²) in [6.07, 6.45) is 1.31. The average Bonchev–Trinajstić information content (AvgIpc) is 2.86. The molecule has 0 aliphatic carbocycles. The molecule has 9 nitrogen and oxygen atoms in total. The van der Waals surface area contributed by atoms with Crippen molar-refractivity contribution >= 4 is 67.2 Å². The number of carbonyl (C=O) groups is 3. The summed E-state index contributed by atoms with van der Waals surface area (Å²) < 4.78 is 12.4. The summed E-state index contributed by atoms with van der Waals surface area (Å²) in [5.41, 5.74) is 4.71. The first-order valence-corrected chi connectivity index (χ1v) is 12.1. The molecule has 0 spiro atoms. The third-order valence-corrected chi connectivity index (χ3v) is 6.08. The second kappa shape index (κ2) is 12.8. The van der Waals surface area contributed by atoms with E-state index in [1.165, 1.54) is 13.3 Å². The number of hydrogen-bond donors (Lipinski definition) is 3. The van der Waals surface area contributed by atoms with Gasteiger partial charge in [0.05, 0.1) is 13.3 Å². The fourth-order valence-electron chi connectivity index (χ4n) is 2.89. The number of ether oxygens (including phenoxy) is 2. The van der Waals surface area contributed by atoms with Gasteiger partial charge in [-0.05, 0) is 73.2 Å². The highest BCUT2D eigenvalue weighted by Crippen LogP contribution is 2.23. The maximum absolute atomic E-state index is 12.3. The minimum absolute atomic E-state index is 0.242. The number of nitrogens with one attached hydrogen (secondary N) is 3. The Balaban J connectivity index is 1.56. The second-order valence-electron chi connectivity index (χ2n) is 7.36. The lowest BCUT2D eigenvalue weighted by Gasteiger charge is -2.11. The minimum Gasteiger partial charge on any atom is -0.497 e. The number of carbonyl (C=O) groups excluding carboxylic acids is 3. The molecule has 11 heteroatoms. The van der Waals surface area contributed by atoms with Crippen LogP contribution in [0, 0.1) is 6.92 Å². The standard InChI is InChI=1S/C25H22Br2N4O5/c1-15-11-19(6-9-21(15)27)29-23(32)14-36-22-10-3-17(26)12-16(22)13-28-31-25(34)24(33)30-18-4-7-20(35-2)8-5-18/h3-13H,14H2,1-2H3,(H,29,32)(H,30,33)(H,31,34)/b28-13-. The van der Waals surface area contributed by atoms with Crippen molar-refractivity contribution in [1.82, 2.24) is 5.43 Å². The number of hydrogen-bond acceptors (Lipinski definition) is 6. The Labute approximate surface area is 224 Å². The van der Waals surface area contributed by atoms with Crippen LogP contribution in [-0.2, 0) is 14.4 Å². The van der Waals surface area contributed by atoms with E-state index in [2.05, 4.69) is 53.0 Å². The molecule has 186 valence electrons. The van der Waals surface area contributed by atoms with E-state index in [0.717, 1.165) is 14.5 Å². The van der Waals surface area contributed by atoms with Crippen LogP contribution in [0.1, 0.15) is 11.1 Å². The Morgan fingerprint density at radius 1 is 0.917 bits per heavy atom. The summed E-state index contributed by atoms with van der Waals surface area (Å²) in [6.45, 7) is 1.68. The van der Waals surface area contributed by atoms with Crippen molar-refractivity contribution in [3.05, 3.63) is 80.7 Å². The van der Waals surface area contributed by atoms with E-state index in [9.17, 15) is 14.4 Å². The molecule has 0 fully saturated rings. The highest BCUT2D eigenvalue weighted by molar-refractivity contribution is 9.10. The Bertz CT molecular complexity index is 1300. The third kappa shape index (κ3) is 7.92. The smallest absolute Gasteiger partial charge is 0.329 e. The summed E-state index contributed by atoms with van der Waals surface area (Å²) in [7, 11) is 1.53. The van der Waals surface area contributed by atoms with Crippen LogP contribution in [0.4, 0.5) is 11.4 Å². The first kappa shape index (κ1) is 26.9. The first-order chi connectivity index (χ1) is 17.2. The fourth-order valence-corrected chi connectivity index (χ4v) is 3.51. The second-order valence-corrected chi connectivity index (χ2v) is 9.13. The van der Waals surface area contributed by atoms with Gasteiger partial charge in [0.2, 0.25) is 0 Å². The summed E-state index contributed by atoms with van der Waals surface area (Å²) in [5.74, 6) is -1.20. The molecular weight excluding hydrogens is 596 g/mol. The molecule has 3 rings (SSSR count). The largest absolute Gasteiger partial charge is 0.497 e. The number of halogens is 2. The number of aryl methyl sites for hydroxylation is 1. The van der Waals surface area contributed by atoms with Gasteiger partial charge in [-0.25, -0.2) is 5.43 Å². The number of benzene rings is 3. The molecule has 3 aromatic carbocycles. The van der Waals surface area contributed by atoms with Crippen molar-refractivity contribution in [2.45, 2.75) is 6.92 Å². The third-order valence-electron chi connectivity index (χ3n) is 4.70. The van der Waals surface area contributed by atoms with E-state index < -0.39 is 11.8 Å². The lowest BCUT2D eigenvalue weighted by atomic mass is 10.2. The Kier molecular flexibility index (Phi) is 9.60. The lowest BCUT2D eigenvalue weighted by molar-refractivity contribution is -0.136. The molecule has 0 atom stereocenters. The van der Waals surface area contributed by atoms with E-state index in [1.54, 1.807) is 48.5 Å². The van der Waals surface area contributed by atoms with Gasteiger partial charge in [-0.1, -0.05) is 31.9 Å². The first-order valence-electron chi connectivity index (χ1n) is 10.5. The monoisotopic (exact) mass is 616 g/mol. The molecule has 0 aliphatic heterocycles. The fraction of sp³-hybridized carbons (Fsp3) is 0.120. The van der Waals surface area contributed by atoms with Crippen molar-refractivity contribution in [3.8, 4) is 11.5 Å². The molecule has 0 aromatic heterocycles. The maximum atomic E-state index is 12.3. The minimum atomic E-state index is -0.955. The summed E-state index contributed by atoms with van der Waals surface area (Å²) in [6, 6.07) is 17.1. The van der Waals surface area contributed by atoms with Crippen molar-refractivity contribution in [3.63, 3.8) is 0 Å². The number of nitrogens with zero attached hydrogens (tertiary/aromatic N) is 1. The zero-order chi connectivity index (χ0) is 26.1. The Hall–Kier alpha value is -3.70. The van der Waals surface area contributed by atoms with E-state index in [0.29, 0.717) is 28.4 Å². The van der Waals surface area contributed by atoms with Gasteiger partial charge in [0.25, 0.3) is 5.91 Å². The molecule has 3 N–H and O–H groups in total. The van der Waals surface area contributed by atoms with Gasteiger partial charge in [0, 0.05) is 25.9 Å². The molecule has 0 saturated carbocycles. The quantitative estimate of drug-likeness (QED) is 0.193. The van der Waals surface area contributed by atoms with Crippen molar-refractivity contribution in [1.29, 1.82) is 0 Å². The Morgan fingerprint density at radius 3 is 2.33 bits per heavy atom. The summed E-state index contributed by atoms with van der Waals surface area (Å²) in [5, 5.41) is 9.07. The van der Waals surface area contributed by atoms with E-state index in [4.69, 9.17) is 9.47 Å². The number of methoxy groups -OCH3 is 1. The highest BCUT2D eigenvalue weighted by atomic mass is 79.9. The van der Waals surface area contributed by atoms with Crippen molar-refractivity contribution < 1.29 is 23.9 Å². The van der Waals surface area contributed by atoms with Crippen LogP contribution in [0.25, 0.3) is 0 Å². The molecule has 0 radical (unpaired) electrons. The van der Waals surface area contributed by atoms with Gasteiger partial charge in [0.1, 0.15) is 11.5 Å². The van der Waals surface area contributed by atoms with Crippen molar-refractivity contribution in [2.75, 3.05) is 24.4 Å². The van der Waals surface area contributed by atoms with Crippen LogP contribution in [0.2, 0.25) is 0 Å². The maximum Gasteiger partial charge on any atom is 0.329 e. The van der Waals surface area contributed by atoms with Gasteiger partial charge < -0.3 is 20.1 Å². The van der Waals surface area contributed by atoms with Gasteiger partial charge in [0.15, 0.2) is 6.61 Å². The molecule has 0 bridgehead atoms. The average molecular weight is 618 g/mol. The Morgan fingerprint density at radius 2 is 1.64 bits per heavy atom. The van der Waals surface area contributed by atoms with E-state index in [1.807, 2.05) is 19.1 Å². The SMILES string of the molecule is COc1ccc(NC(=O)C(=O)N/N=C\c2cc(Br)ccc2OCC(=O)Nc2ccc(Br)c(C)c2)cc1. The lowest BCUT2D eigenvalue weighted by Crippen LogP contribution is -2.32. The molecule has 0 unspecified atom stereocenters.